The van der Waals surface area contributed by atoms with Crippen molar-refractivity contribution in [1.29, 1.82) is 0 Å². The summed E-state index contributed by atoms with van der Waals surface area (Å²) in [7, 11) is 0. The predicted molar refractivity (Wildman–Crippen MR) is 85.3 cm³/mol. The first-order chi connectivity index (χ1) is 10.7. The molecule has 22 heavy (non-hydrogen) atoms. The van der Waals surface area contributed by atoms with E-state index in [9.17, 15) is 4.39 Å². The van der Waals surface area contributed by atoms with Crippen molar-refractivity contribution in [2.24, 2.45) is 5.16 Å². The van der Waals surface area contributed by atoms with Crippen molar-refractivity contribution < 1.29 is 9.23 Å². The van der Waals surface area contributed by atoms with E-state index < -0.39 is 0 Å². The second-order valence-electron chi connectivity index (χ2n) is 5.54. The normalized spacial score (nSPS) is 17.2. The van der Waals surface area contributed by atoms with Gasteiger partial charge in [-0.05, 0) is 30.2 Å². The van der Waals surface area contributed by atoms with Crippen molar-refractivity contribution in [2.45, 2.75) is 26.0 Å². The molecule has 4 heteroatoms. The Kier molecular flexibility index (Phi) is 4.49. The first-order valence-corrected chi connectivity index (χ1v) is 7.46. The molecule has 114 valence electrons. The first kappa shape index (κ1) is 14.7. The molecule has 0 saturated carbocycles. The van der Waals surface area contributed by atoms with Crippen LogP contribution in [0.1, 0.15) is 23.1 Å². The summed E-state index contributed by atoms with van der Waals surface area (Å²) >= 11 is 0. The Hall–Kier alpha value is -2.20. The van der Waals surface area contributed by atoms with Gasteiger partial charge in [0.1, 0.15) is 11.9 Å². The summed E-state index contributed by atoms with van der Waals surface area (Å²) in [4.78, 5) is 5.50. The van der Waals surface area contributed by atoms with Gasteiger partial charge in [-0.15, -0.1) is 0 Å². The van der Waals surface area contributed by atoms with Gasteiger partial charge < -0.3 is 10.2 Å². The van der Waals surface area contributed by atoms with Gasteiger partial charge in [-0.3, -0.25) is 0 Å². The van der Waals surface area contributed by atoms with Crippen LogP contribution >= 0.6 is 0 Å². The van der Waals surface area contributed by atoms with Crippen molar-refractivity contribution >= 4 is 5.71 Å². The summed E-state index contributed by atoms with van der Waals surface area (Å²) in [5, 5.41) is 7.54. The molecule has 0 aromatic heterocycles. The molecule has 0 aliphatic carbocycles. The molecule has 2 aromatic rings. The van der Waals surface area contributed by atoms with E-state index in [1.54, 1.807) is 12.1 Å². The number of halogens is 1. The van der Waals surface area contributed by atoms with Gasteiger partial charge in [-0.2, -0.15) is 0 Å². The zero-order valence-electron chi connectivity index (χ0n) is 12.6. The van der Waals surface area contributed by atoms with Gasteiger partial charge >= 0.3 is 0 Å². The fourth-order valence-corrected chi connectivity index (χ4v) is 2.57. The molecule has 1 aliphatic rings. The SMILES string of the molecule is Cc1ccccc1C1=NO[C@@H](CNCc2ccc(F)cc2)C1. The number of nitrogens with one attached hydrogen (secondary N) is 1. The number of oxime groups is 1. The van der Waals surface area contributed by atoms with Crippen LogP contribution < -0.4 is 5.32 Å². The zero-order valence-corrected chi connectivity index (χ0v) is 12.6. The summed E-state index contributed by atoms with van der Waals surface area (Å²) in [5.41, 5.74) is 4.43. The third-order valence-corrected chi connectivity index (χ3v) is 3.80. The number of aryl methyl sites for hydroxylation is 1. The maximum Gasteiger partial charge on any atom is 0.145 e. The molecule has 0 unspecified atom stereocenters. The van der Waals surface area contributed by atoms with Crippen LogP contribution in [0.25, 0.3) is 0 Å². The van der Waals surface area contributed by atoms with E-state index >= 15 is 0 Å². The molecule has 0 saturated heterocycles. The van der Waals surface area contributed by atoms with Crippen molar-refractivity contribution in [2.75, 3.05) is 6.54 Å². The molecule has 0 spiro atoms. The summed E-state index contributed by atoms with van der Waals surface area (Å²) in [6.45, 7) is 3.49. The highest BCUT2D eigenvalue weighted by molar-refractivity contribution is 6.02. The molecule has 1 aliphatic heterocycles. The predicted octanol–water partition coefficient (Wildman–Crippen LogP) is 3.42. The lowest BCUT2D eigenvalue weighted by Crippen LogP contribution is -2.26. The maximum absolute atomic E-state index is 12.8. The van der Waals surface area contributed by atoms with Gasteiger partial charge in [-0.25, -0.2) is 4.39 Å². The smallest absolute Gasteiger partial charge is 0.145 e. The van der Waals surface area contributed by atoms with Crippen molar-refractivity contribution in [3.8, 4) is 0 Å². The van der Waals surface area contributed by atoms with E-state index in [0.717, 1.165) is 29.8 Å². The Morgan fingerprint density at radius 1 is 1.18 bits per heavy atom. The van der Waals surface area contributed by atoms with E-state index in [-0.39, 0.29) is 11.9 Å². The average Bonchev–Trinajstić information content (AvgIpc) is 2.98. The average molecular weight is 298 g/mol. The molecular weight excluding hydrogens is 279 g/mol. The van der Waals surface area contributed by atoms with E-state index in [1.807, 2.05) is 12.1 Å². The van der Waals surface area contributed by atoms with Gasteiger partial charge in [0.05, 0.1) is 5.71 Å². The Morgan fingerprint density at radius 2 is 1.95 bits per heavy atom. The highest BCUT2D eigenvalue weighted by Crippen LogP contribution is 2.19. The number of benzene rings is 2. The van der Waals surface area contributed by atoms with E-state index in [1.165, 1.54) is 17.7 Å². The minimum atomic E-state index is -0.209. The van der Waals surface area contributed by atoms with Crippen LogP contribution in [0.3, 0.4) is 0 Å². The molecule has 3 rings (SSSR count). The molecule has 2 aromatic carbocycles. The summed E-state index contributed by atoms with van der Waals surface area (Å²) in [6.07, 6.45) is 0.858. The van der Waals surface area contributed by atoms with Gasteiger partial charge in [0, 0.05) is 25.1 Å². The summed E-state index contributed by atoms with van der Waals surface area (Å²) in [5.74, 6) is -0.209. The van der Waals surface area contributed by atoms with Crippen molar-refractivity contribution in [1.82, 2.24) is 5.32 Å². The highest BCUT2D eigenvalue weighted by Gasteiger charge is 2.22. The number of nitrogens with zero attached hydrogens (tertiary/aromatic N) is 1. The summed E-state index contributed by atoms with van der Waals surface area (Å²) < 4.78 is 12.8. The van der Waals surface area contributed by atoms with Crippen LogP contribution in [-0.4, -0.2) is 18.4 Å². The lowest BCUT2D eigenvalue weighted by Gasteiger charge is -2.10. The second kappa shape index (κ2) is 6.71. The van der Waals surface area contributed by atoms with Crippen LogP contribution in [0, 0.1) is 12.7 Å². The molecule has 0 amide bonds. The molecule has 0 bridgehead atoms. The summed E-state index contributed by atoms with van der Waals surface area (Å²) in [6, 6.07) is 14.7. The second-order valence-corrected chi connectivity index (χ2v) is 5.54. The third-order valence-electron chi connectivity index (χ3n) is 3.80. The van der Waals surface area contributed by atoms with Gasteiger partial charge in [0.25, 0.3) is 0 Å². The van der Waals surface area contributed by atoms with Crippen LogP contribution in [0.15, 0.2) is 53.7 Å². The third kappa shape index (κ3) is 3.52. The molecule has 1 atom stereocenters. The highest BCUT2D eigenvalue weighted by atomic mass is 19.1. The van der Waals surface area contributed by atoms with E-state index in [4.69, 9.17) is 4.84 Å². The molecule has 1 N–H and O–H groups in total. The van der Waals surface area contributed by atoms with Crippen LogP contribution in [0.5, 0.6) is 0 Å². The van der Waals surface area contributed by atoms with Crippen molar-refractivity contribution in [3.05, 3.63) is 71.0 Å². The minimum absolute atomic E-state index is 0.0510. The lowest BCUT2D eigenvalue weighted by atomic mass is 10.0. The van der Waals surface area contributed by atoms with Gasteiger partial charge in [0.15, 0.2) is 0 Å². The van der Waals surface area contributed by atoms with E-state index in [2.05, 4.69) is 29.5 Å². The number of rotatable bonds is 5. The molecule has 0 fully saturated rings. The standard InChI is InChI=1S/C18H19FN2O/c1-13-4-2-3-5-17(13)18-10-16(22-21-18)12-20-11-14-6-8-15(19)9-7-14/h2-9,16,20H,10-12H2,1H3/t16-/m1/s1. The van der Waals surface area contributed by atoms with Crippen LogP contribution in [0.2, 0.25) is 0 Å². The van der Waals surface area contributed by atoms with Gasteiger partial charge in [-0.1, -0.05) is 41.6 Å². The van der Waals surface area contributed by atoms with Crippen molar-refractivity contribution in [3.63, 3.8) is 0 Å². The largest absolute Gasteiger partial charge is 0.390 e. The van der Waals surface area contributed by atoms with E-state index in [0.29, 0.717) is 6.54 Å². The minimum Gasteiger partial charge on any atom is -0.390 e. The molecular formula is C18H19FN2O. The molecule has 0 radical (unpaired) electrons. The number of hydrogen-bond acceptors (Lipinski definition) is 3. The fraction of sp³-hybridized carbons (Fsp3) is 0.278. The first-order valence-electron chi connectivity index (χ1n) is 7.46. The fourth-order valence-electron chi connectivity index (χ4n) is 2.57. The Morgan fingerprint density at radius 3 is 2.73 bits per heavy atom. The quantitative estimate of drug-likeness (QED) is 0.917. The molecule has 3 nitrogen and oxygen atoms in total. The Labute approximate surface area is 129 Å². The number of hydrogen-bond donors (Lipinski definition) is 1. The van der Waals surface area contributed by atoms with Crippen LogP contribution in [0.4, 0.5) is 4.39 Å². The monoisotopic (exact) mass is 298 g/mol. The lowest BCUT2D eigenvalue weighted by molar-refractivity contribution is 0.0848. The Bertz CT molecular complexity index is 667. The Balaban J connectivity index is 1.48. The topological polar surface area (TPSA) is 33.6 Å². The van der Waals surface area contributed by atoms with Gasteiger partial charge in [0.2, 0.25) is 0 Å². The zero-order chi connectivity index (χ0) is 15.4. The maximum atomic E-state index is 12.8. The van der Waals surface area contributed by atoms with Crippen LogP contribution in [-0.2, 0) is 11.4 Å². The molecule has 1 heterocycles.